The van der Waals surface area contributed by atoms with Crippen LogP contribution in [0.25, 0.3) is 5.78 Å². The van der Waals surface area contributed by atoms with Gasteiger partial charge in [-0.2, -0.15) is 10.2 Å². The second-order valence-electron chi connectivity index (χ2n) is 12.3. The molecule has 2 amide bonds. The van der Waals surface area contributed by atoms with Crippen LogP contribution in [0.15, 0.2) is 12.5 Å². The van der Waals surface area contributed by atoms with E-state index in [1.165, 1.54) is 11.0 Å². The molecule has 12 nitrogen and oxygen atoms in total. The van der Waals surface area contributed by atoms with Crippen molar-refractivity contribution in [1.29, 1.82) is 0 Å². The molecular formula is C29H39F2N9O3. The van der Waals surface area contributed by atoms with Crippen molar-refractivity contribution in [1.82, 2.24) is 45.0 Å². The van der Waals surface area contributed by atoms with E-state index in [0.29, 0.717) is 50.1 Å². The number of alkyl halides is 2. The van der Waals surface area contributed by atoms with Gasteiger partial charge in [0.25, 0.3) is 11.7 Å². The zero-order chi connectivity index (χ0) is 30.1. The lowest BCUT2D eigenvalue weighted by Gasteiger charge is -2.33. The van der Waals surface area contributed by atoms with Gasteiger partial charge in [0.1, 0.15) is 6.33 Å². The van der Waals surface area contributed by atoms with Gasteiger partial charge in [0.15, 0.2) is 0 Å². The minimum atomic E-state index is -2.72. The summed E-state index contributed by atoms with van der Waals surface area (Å²) in [4.78, 5) is 40.0. The third-order valence-corrected chi connectivity index (χ3v) is 9.12. The van der Waals surface area contributed by atoms with Crippen molar-refractivity contribution < 1.29 is 23.1 Å². The van der Waals surface area contributed by atoms with Crippen molar-refractivity contribution in [2.45, 2.75) is 89.6 Å². The van der Waals surface area contributed by atoms with E-state index in [1.54, 1.807) is 10.7 Å². The molecule has 1 saturated carbocycles. The molecule has 232 valence electrons. The number of carbonyl (C=O) groups is 2. The Kier molecular flexibility index (Phi) is 8.38. The van der Waals surface area contributed by atoms with Crippen LogP contribution >= 0.6 is 0 Å². The quantitative estimate of drug-likeness (QED) is 0.402. The summed E-state index contributed by atoms with van der Waals surface area (Å²) in [5, 5.41) is 15.1. The van der Waals surface area contributed by atoms with E-state index in [4.69, 9.17) is 19.8 Å². The number of aryl methyl sites for hydroxylation is 1. The molecule has 14 heteroatoms. The number of nitrogens with zero attached hydrogens (tertiary/aromatic N) is 7. The maximum Gasteiger partial charge on any atom is 0.289 e. The number of rotatable bonds is 8. The largest absolute Gasteiger partial charge is 0.381 e. The number of aromatic nitrogens is 7. The van der Waals surface area contributed by atoms with E-state index in [2.05, 4.69) is 27.6 Å². The Morgan fingerprint density at radius 2 is 1.98 bits per heavy atom. The van der Waals surface area contributed by atoms with E-state index in [-0.39, 0.29) is 55.2 Å². The summed E-state index contributed by atoms with van der Waals surface area (Å²) in [6.07, 6.45) is 5.85. The van der Waals surface area contributed by atoms with Gasteiger partial charge in [0.05, 0.1) is 29.3 Å². The Morgan fingerprint density at radius 3 is 2.72 bits per heavy atom. The molecule has 0 bridgehead atoms. The predicted molar refractivity (Wildman–Crippen MR) is 150 cm³/mol. The molecule has 3 aromatic rings. The second-order valence-corrected chi connectivity index (χ2v) is 12.3. The molecule has 3 atom stereocenters. The number of imidazole rings is 1. The lowest BCUT2D eigenvalue weighted by molar-refractivity contribution is -0.127. The van der Waals surface area contributed by atoms with Gasteiger partial charge >= 0.3 is 0 Å². The molecule has 3 aliphatic rings. The third-order valence-electron chi connectivity index (χ3n) is 9.12. The van der Waals surface area contributed by atoms with Gasteiger partial charge in [0, 0.05) is 57.4 Å². The number of piperidine rings is 1. The minimum absolute atomic E-state index is 0.0288. The smallest absolute Gasteiger partial charge is 0.289 e. The van der Waals surface area contributed by atoms with Gasteiger partial charge in [0.2, 0.25) is 17.7 Å². The number of nitrogens with one attached hydrogen (secondary N) is 2. The molecule has 0 unspecified atom stereocenters. The Morgan fingerprint density at radius 1 is 1.21 bits per heavy atom. The van der Waals surface area contributed by atoms with Crippen LogP contribution in [0.3, 0.4) is 0 Å². The highest BCUT2D eigenvalue weighted by Gasteiger charge is 2.40. The second kappa shape index (κ2) is 12.2. The zero-order valence-corrected chi connectivity index (χ0v) is 24.6. The first-order valence-electron chi connectivity index (χ1n) is 15.4. The van der Waals surface area contributed by atoms with E-state index in [0.717, 1.165) is 30.7 Å². The molecule has 3 aromatic heterocycles. The van der Waals surface area contributed by atoms with Gasteiger partial charge in [-0.3, -0.25) is 9.59 Å². The maximum atomic E-state index is 14.1. The molecule has 5 heterocycles. The SMILES string of the molecule is CCn1ncnc1C(=O)N[C@H](c1cn2nc(C[C@@H]3C[C@H](C)CNC3=O)c(C3CCOCC3)nc2n1)C1CCC(F)(F)CC1. The highest BCUT2D eigenvalue weighted by Crippen LogP contribution is 2.41. The van der Waals surface area contributed by atoms with Crippen molar-refractivity contribution in [3.8, 4) is 0 Å². The van der Waals surface area contributed by atoms with Crippen LogP contribution in [0.1, 0.15) is 98.5 Å². The predicted octanol–water partition coefficient (Wildman–Crippen LogP) is 3.24. The van der Waals surface area contributed by atoms with Crippen LogP contribution in [-0.4, -0.2) is 71.8 Å². The first kappa shape index (κ1) is 29.5. The van der Waals surface area contributed by atoms with Gasteiger partial charge in [-0.05, 0) is 50.9 Å². The number of hydrogen-bond donors (Lipinski definition) is 2. The van der Waals surface area contributed by atoms with Crippen molar-refractivity contribution in [2.75, 3.05) is 19.8 Å². The number of carbonyl (C=O) groups excluding carboxylic acids is 2. The topological polar surface area (TPSA) is 141 Å². The number of ether oxygens (including phenoxy) is 1. The van der Waals surface area contributed by atoms with Gasteiger partial charge < -0.3 is 15.4 Å². The molecule has 2 saturated heterocycles. The first-order chi connectivity index (χ1) is 20.7. The molecule has 0 radical (unpaired) electrons. The standard InChI is InChI=1S/C29H39F2N9O3/c1-3-39-25(33-16-34-39)27(42)36-24(18-4-8-29(30,31)9-5-18)22-15-40-28(35-22)37-23(19-6-10-43-11-7-19)21(38-40)13-20-12-17(2)14-32-26(20)41/h15-20,24H,3-14H2,1-2H3,(H,32,41)(H,36,42)/t17-,20-,24-/m0/s1. The molecule has 43 heavy (non-hydrogen) atoms. The number of fused-ring (bicyclic) bond motifs is 1. The lowest BCUT2D eigenvalue weighted by Crippen LogP contribution is -2.41. The molecule has 2 aliphatic heterocycles. The molecular weight excluding hydrogens is 560 g/mol. The zero-order valence-electron chi connectivity index (χ0n) is 24.6. The van der Waals surface area contributed by atoms with Crippen molar-refractivity contribution in [3.05, 3.63) is 35.4 Å². The minimum Gasteiger partial charge on any atom is -0.381 e. The Hall–Kier alpha value is -3.55. The molecule has 3 fully saturated rings. The summed E-state index contributed by atoms with van der Waals surface area (Å²) in [5.74, 6) is -2.57. The van der Waals surface area contributed by atoms with E-state index in [9.17, 15) is 18.4 Å². The third kappa shape index (κ3) is 6.38. The van der Waals surface area contributed by atoms with Crippen LogP contribution in [0.4, 0.5) is 8.78 Å². The van der Waals surface area contributed by atoms with E-state index >= 15 is 0 Å². The fourth-order valence-corrected chi connectivity index (χ4v) is 6.69. The average molecular weight is 600 g/mol. The molecule has 2 N–H and O–H groups in total. The molecule has 1 aliphatic carbocycles. The summed E-state index contributed by atoms with van der Waals surface area (Å²) in [5.41, 5.74) is 2.09. The van der Waals surface area contributed by atoms with Crippen molar-refractivity contribution in [3.63, 3.8) is 0 Å². The van der Waals surface area contributed by atoms with E-state index < -0.39 is 17.9 Å². The maximum absolute atomic E-state index is 14.1. The highest BCUT2D eigenvalue weighted by molar-refractivity contribution is 5.90. The van der Waals surface area contributed by atoms with Gasteiger partial charge in [-0.15, -0.1) is 0 Å². The number of amides is 2. The fraction of sp³-hybridized carbons (Fsp3) is 0.690. The summed E-state index contributed by atoms with van der Waals surface area (Å²) in [6.45, 7) is 6.37. The van der Waals surface area contributed by atoms with Crippen LogP contribution in [-0.2, 0) is 22.5 Å². The monoisotopic (exact) mass is 599 g/mol. The Balaban J connectivity index is 1.36. The number of halogens is 2. The van der Waals surface area contributed by atoms with Crippen molar-refractivity contribution in [2.24, 2.45) is 17.8 Å². The van der Waals surface area contributed by atoms with Crippen LogP contribution in [0.2, 0.25) is 0 Å². The summed E-state index contributed by atoms with van der Waals surface area (Å²) < 4.78 is 36.9. The normalized spacial score (nSPS) is 24.1. The van der Waals surface area contributed by atoms with Crippen LogP contribution < -0.4 is 10.6 Å². The molecule has 6 rings (SSSR count). The van der Waals surface area contributed by atoms with Crippen LogP contribution in [0.5, 0.6) is 0 Å². The van der Waals surface area contributed by atoms with E-state index in [1.807, 2.05) is 6.92 Å². The van der Waals surface area contributed by atoms with Crippen molar-refractivity contribution >= 4 is 17.6 Å². The fourth-order valence-electron chi connectivity index (χ4n) is 6.69. The Bertz CT molecular complexity index is 1460. The molecule has 0 aromatic carbocycles. The van der Waals surface area contributed by atoms with Gasteiger partial charge in [-0.25, -0.2) is 32.9 Å². The first-order valence-corrected chi connectivity index (χ1v) is 15.4. The van der Waals surface area contributed by atoms with Crippen LogP contribution in [0, 0.1) is 17.8 Å². The highest BCUT2D eigenvalue weighted by atomic mass is 19.3. The van der Waals surface area contributed by atoms with Gasteiger partial charge in [-0.1, -0.05) is 6.92 Å². The number of hydrogen-bond acceptors (Lipinski definition) is 8. The summed E-state index contributed by atoms with van der Waals surface area (Å²) in [6, 6.07) is -0.644. The average Bonchev–Trinajstić information content (AvgIpc) is 3.65. The lowest BCUT2D eigenvalue weighted by atomic mass is 9.81. The molecule has 0 spiro atoms. The summed E-state index contributed by atoms with van der Waals surface area (Å²) >= 11 is 0. The Labute approximate surface area is 248 Å². The summed E-state index contributed by atoms with van der Waals surface area (Å²) in [7, 11) is 0.